The van der Waals surface area contributed by atoms with Crippen molar-refractivity contribution in [2.45, 2.75) is 18.9 Å². The van der Waals surface area contributed by atoms with Crippen LogP contribution in [-0.4, -0.2) is 47.1 Å². The molecule has 0 spiro atoms. The van der Waals surface area contributed by atoms with Crippen LogP contribution in [0, 0.1) is 0 Å². The Balaban J connectivity index is 1.99. The van der Waals surface area contributed by atoms with Crippen LogP contribution >= 0.6 is 0 Å². The van der Waals surface area contributed by atoms with E-state index in [1.54, 1.807) is 11.1 Å². The predicted molar refractivity (Wildman–Crippen MR) is 82.4 cm³/mol. The van der Waals surface area contributed by atoms with Crippen molar-refractivity contribution in [1.82, 2.24) is 9.88 Å². The third kappa shape index (κ3) is 2.56. The van der Waals surface area contributed by atoms with E-state index < -0.39 is 0 Å². The van der Waals surface area contributed by atoms with Crippen LogP contribution in [0.5, 0.6) is 0 Å². The van der Waals surface area contributed by atoms with E-state index in [2.05, 4.69) is 10.3 Å². The topological polar surface area (TPSA) is 65.5 Å². The normalized spacial score (nSPS) is 16.2. The van der Waals surface area contributed by atoms with Crippen LogP contribution in [0.15, 0.2) is 30.5 Å². The highest BCUT2D eigenvalue weighted by molar-refractivity contribution is 6.09. The molecular formula is C16H19N3O2. The molecule has 2 heterocycles. The van der Waals surface area contributed by atoms with Gasteiger partial charge in [-0.05, 0) is 18.2 Å². The molecule has 0 bridgehead atoms. The summed E-state index contributed by atoms with van der Waals surface area (Å²) in [6.45, 7) is 1.20. The van der Waals surface area contributed by atoms with Crippen molar-refractivity contribution >= 4 is 22.5 Å². The molecule has 1 aromatic carbocycles. The molecule has 5 nitrogen and oxygen atoms in total. The summed E-state index contributed by atoms with van der Waals surface area (Å²) in [6, 6.07) is 7.78. The van der Waals surface area contributed by atoms with Gasteiger partial charge in [0.1, 0.15) is 5.82 Å². The first kappa shape index (κ1) is 13.8. The fraction of sp³-hybridized carbons (Fsp3) is 0.375. The number of hydrogen-bond donors (Lipinski definition) is 2. The summed E-state index contributed by atoms with van der Waals surface area (Å²) >= 11 is 0. The number of fused-ring (bicyclic) bond motifs is 1. The Morgan fingerprint density at radius 1 is 1.29 bits per heavy atom. The maximum atomic E-state index is 12.7. The summed E-state index contributed by atoms with van der Waals surface area (Å²) in [5.74, 6) is 0.768. The minimum Gasteiger partial charge on any atom is -0.393 e. The Kier molecular flexibility index (Phi) is 3.75. The number of hydrogen-bond acceptors (Lipinski definition) is 4. The highest BCUT2D eigenvalue weighted by Gasteiger charge is 2.24. The molecule has 2 aromatic rings. The van der Waals surface area contributed by atoms with Crippen LogP contribution < -0.4 is 5.32 Å². The molecule has 2 N–H and O–H groups in total. The molecule has 5 heteroatoms. The number of amides is 1. The molecule has 1 amide bonds. The molecule has 1 fully saturated rings. The number of rotatable bonds is 2. The molecule has 0 unspecified atom stereocenters. The number of piperidine rings is 1. The number of pyridine rings is 1. The van der Waals surface area contributed by atoms with E-state index in [0.29, 0.717) is 31.5 Å². The summed E-state index contributed by atoms with van der Waals surface area (Å²) in [6.07, 6.45) is 2.65. The van der Waals surface area contributed by atoms with Crippen molar-refractivity contribution in [1.29, 1.82) is 0 Å². The average molecular weight is 285 g/mol. The summed E-state index contributed by atoms with van der Waals surface area (Å²) < 4.78 is 0. The SMILES string of the molecule is CNc1ncc(C(=O)N2CCC(O)CC2)c2ccccc12. The third-order valence-electron chi connectivity index (χ3n) is 4.01. The van der Waals surface area contributed by atoms with Crippen molar-refractivity contribution in [3.63, 3.8) is 0 Å². The highest BCUT2D eigenvalue weighted by atomic mass is 16.3. The van der Waals surface area contributed by atoms with Gasteiger partial charge in [0.2, 0.25) is 0 Å². The average Bonchev–Trinajstić information content (AvgIpc) is 2.54. The number of aliphatic hydroxyl groups is 1. The van der Waals surface area contributed by atoms with Crippen molar-refractivity contribution in [3.8, 4) is 0 Å². The molecule has 1 aliphatic rings. The summed E-state index contributed by atoms with van der Waals surface area (Å²) in [7, 11) is 1.82. The summed E-state index contributed by atoms with van der Waals surface area (Å²) in [4.78, 5) is 18.9. The lowest BCUT2D eigenvalue weighted by Gasteiger charge is -2.30. The van der Waals surface area contributed by atoms with Crippen LogP contribution in [0.3, 0.4) is 0 Å². The van der Waals surface area contributed by atoms with Gasteiger partial charge >= 0.3 is 0 Å². The Bertz CT molecular complexity index is 664. The first-order valence-corrected chi connectivity index (χ1v) is 7.23. The highest BCUT2D eigenvalue weighted by Crippen LogP contribution is 2.25. The van der Waals surface area contributed by atoms with Crippen molar-refractivity contribution in [2.24, 2.45) is 0 Å². The van der Waals surface area contributed by atoms with E-state index in [0.717, 1.165) is 16.6 Å². The van der Waals surface area contributed by atoms with E-state index in [4.69, 9.17) is 0 Å². The van der Waals surface area contributed by atoms with Crippen LogP contribution in [0.4, 0.5) is 5.82 Å². The number of likely N-dealkylation sites (tertiary alicyclic amines) is 1. The smallest absolute Gasteiger partial charge is 0.256 e. The fourth-order valence-electron chi connectivity index (χ4n) is 2.80. The second kappa shape index (κ2) is 5.69. The lowest BCUT2D eigenvalue weighted by molar-refractivity contribution is 0.0548. The van der Waals surface area contributed by atoms with Crippen LogP contribution in [0.1, 0.15) is 23.2 Å². The maximum Gasteiger partial charge on any atom is 0.256 e. The Labute approximate surface area is 123 Å². The fourth-order valence-corrected chi connectivity index (χ4v) is 2.80. The van der Waals surface area contributed by atoms with E-state index >= 15 is 0 Å². The molecule has 1 aliphatic heterocycles. The van der Waals surface area contributed by atoms with Crippen molar-refractivity contribution in [2.75, 3.05) is 25.5 Å². The number of benzene rings is 1. The van der Waals surface area contributed by atoms with Gasteiger partial charge in [-0.15, -0.1) is 0 Å². The Hall–Kier alpha value is -2.14. The van der Waals surface area contributed by atoms with E-state index in [9.17, 15) is 9.90 Å². The second-order valence-corrected chi connectivity index (χ2v) is 5.34. The molecule has 110 valence electrons. The van der Waals surface area contributed by atoms with E-state index in [-0.39, 0.29) is 12.0 Å². The van der Waals surface area contributed by atoms with Gasteiger partial charge in [-0.1, -0.05) is 24.3 Å². The molecule has 0 atom stereocenters. The minimum atomic E-state index is -0.282. The standard InChI is InChI=1S/C16H19N3O2/c1-17-15-13-5-3-2-4-12(13)14(10-18-15)16(21)19-8-6-11(20)7-9-19/h2-5,10-11,20H,6-9H2,1H3,(H,17,18). The van der Waals surface area contributed by atoms with Crippen LogP contribution in [-0.2, 0) is 0 Å². The third-order valence-corrected chi connectivity index (χ3v) is 4.01. The zero-order chi connectivity index (χ0) is 14.8. The van der Waals surface area contributed by atoms with Gasteiger partial charge in [-0.2, -0.15) is 0 Å². The van der Waals surface area contributed by atoms with Crippen molar-refractivity contribution < 1.29 is 9.90 Å². The van der Waals surface area contributed by atoms with Gasteiger partial charge < -0.3 is 15.3 Å². The second-order valence-electron chi connectivity index (χ2n) is 5.34. The van der Waals surface area contributed by atoms with Crippen molar-refractivity contribution in [3.05, 3.63) is 36.0 Å². The van der Waals surface area contributed by atoms with Gasteiger partial charge in [0.25, 0.3) is 5.91 Å². The maximum absolute atomic E-state index is 12.7. The molecule has 0 saturated carbocycles. The molecule has 1 saturated heterocycles. The first-order chi connectivity index (χ1) is 10.2. The summed E-state index contributed by atoms with van der Waals surface area (Å²) in [5.41, 5.74) is 0.626. The van der Waals surface area contributed by atoms with E-state index in [1.165, 1.54) is 0 Å². The lowest BCUT2D eigenvalue weighted by atomic mass is 10.0. The molecule has 3 rings (SSSR count). The zero-order valence-corrected chi connectivity index (χ0v) is 12.0. The van der Waals surface area contributed by atoms with Gasteiger partial charge in [0, 0.05) is 31.7 Å². The van der Waals surface area contributed by atoms with Gasteiger partial charge in [0.15, 0.2) is 0 Å². The van der Waals surface area contributed by atoms with Gasteiger partial charge in [0.05, 0.1) is 11.7 Å². The minimum absolute atomic E-state index is 0.00625. The number of nitrogens with zero attached hydrogens (tertiary/aromatic N) is 2. The van der Waals surface area contributed by atoms with Gasteiger partial charge in [-0.3, -0.25) is 4.79 Å². The number of carbonyl (C=O) groups excluding carboxylic acids is 1. The van der Waals surface area contributed by atoms with Gasteiger partial charge in [-0.25, -0.2) is 4.98 Å². The Morgan fingerprint density at radius 2 is 1.95 bits per heavy atom. The number of aliphatic hydroxyl groups excluding tert-OH is 1. The predicted octanol–water partition coefficient (Wildman–Crippen LogP) is 1.87. The monoisotopic (exact) mass is 285 g/mol. The van der Waals surface area contributed by atoms with E-state index in [1.807, 2.05) is 31.3 Å². The first-order valence-electron chi connectivity index (χ1n) is 7.23. The zero-order valence-electron chi connectivity index (χ0n) is 12.0. The summed E-state index contributed by atoms with van der Waals surface area (Å²) in [5, 5.41) is 14.5. The molecule has 1 aromatic heterocycles. The molecule has 21 heavy (non-hydrogen) atoms. The van der Waals surface area contributed by atoms with Crippen LogP contribution in [0.2, 0.25) is 0 Å². The number of carbonyl (C=O) groups is 1. The largest absolute Gasteiger partial charge is 0.393 e. The number of aromatic nitrogens is 1. The molecule has 0 aliphatic carbocycles. The molecular weight excluding hydrogens is 266 g/mol. The van der Waals surface area contributed by atoms with Crippen LogP contribution in [0.25, 0.3) is 10.8 Å². The lowest BCUT2D eigenvalue weighted by Crippen LogP contribution is -2.40. The Morgan fingerprint density at radius 3 is 2.62 bits per heavy atom. The quantitative estimate of drug-likeness (QED) is 0.884. The number of anilines is 1. The number of nitrogens with one attached hydrogen (secondary N) is 1. The molecule has 0 radical (unpaired) electrons.